The SMILES string of the molecule is CSCC[C@H](N)C(=O)NCC(O)CC(C)(C)C. The molecule has 0 fully saturated rings. The van der Waals surface area contributed by atoms with Crippen molar-refractivity contribution in [2.75, 3.05) is 18.6 Å². The molecule has 0 bridgehead atoms. The first kappa shape index (κ1) is 16.7. The van der Waals surface area contributed by atoms with Crippen molar-refractivity contribution in [1.82, 2.24) is 5.32 Å². The molecule has 0 aliphatic heterocycles. The third-order valence-electron chi connectivity index (χ3n) is 2.33. The topological polar surface area (TPSA) is 75.4 Å². The fourth-order valence-corrected chi connectivity index (χ4v) is 1.99. The van der Waals surface area contributed by atoms with Crippen LogP contribution in [0.5, 0.6) is 0 Å². The molecule has 0 aromatic heterocycles. The van der Waals surface area contributed by atoms with E-state index in [4.69, 9.17) is 5.73 Å². The molecule has 0 rings (SSSR count). The smallest absolute Gasteiger partial charge is 0.237 e. The van der Waals surface area contributed by atoms with Gasteiger partial charge in [0.25, 0.3) is 0 Å². The zero-order valence-electron chi connectivity index (χ0n) is 11.3. The molecule has 1 unspecified atom stereocenters. The summed E-state index contributed by atoms with van der Waals surface area (Å²) in [6, 6.07) is -0.468. The zero-order chi connectivity index (χ0) is 13.5. The molecule has 0 saturated heterocycles. The Balaban J connectivity index is 3.83. The second-order valence-electron chi connectivity index (χ2n) is 5.55. The Bertz CT molecular complexity index is 229. The first-order chi connectivity index (χ1) is 7.76. The van der Waals surface area contributed by atoms with E-state index in [1.165, 1.54) is 0 Å². The monoisotopic (exact) mass is 262 g/mol. The van der Waals surface area contributed by atoms with Crippen molar-refractivity contribution in [2.24, 2.45) is 11.1 Å². The number of carbonyl (C=O) groups excluding carboxylic acids is 1. The fourth-order valence-electron chi connectivity index (χ4n) is 1.50. The van der Waals surface area contributed by atoms with Crippen LogP contribution in [0.2, 0.25) is 0 Å². The average Bonchev–Trinajstić information content (AvgIpc) is 2.20. The third kappa shape index (κ3) is 9.44. The summed E-state index contributed by atoms with van der Waals surface area (Å²) >= 11 is 1.67. The number of hydrogen-bond donors (Lipinski definition) is 3. The van der Waals surface area contributed by atoms with Gasteiger partial charge in [0.05, 0.1) is 12.1 Å². The highest BCUT2D eigenvalue weighted by molar-refractivity contribution is 7.98. The van der Waals surface area contributed by atoms with Crippen molar-refractivity contribution in [2.45, 2.75) is 45.8 Å². The molecule has 17 heavy (non-hydrogen) atoms. The van der Waals surface area contributed by atoms with Crippen molar-refractivity contribution in [3.05, 3.63) is 0 Å². The van der Waals surface area contributed by atoms with Crippen LogP contribution < -0.4 is 11.1 Å². The summed E-state index contributed by atoms with van der Waals surface area (Å²) in [5.41, 5.74) is 5.77. The molecule has 0 radical (unpaired) electrons. The lowest BCUT2D eigenvalue weighted by atomic mass is 9.89. The van der Waals surface area contributed by atoms with Crippen LogP contribution in [0.1, 0.15) is 33.6 Å². The lowest BCUT2D eigenvalue weighted by molar-refractivity contribution is -0.122. The number of amides is 1. The van der Waals surface area contributed by atoms with Crippen molar-refractivity contribution >= 4 is 17.7 Å². The molecule has 0 heterocycles. The zero-order valence-corrected chi connectivity index (χ0v) is 12.1. The summed E-state index contributed by atoms with van der Waals surface area (Å²) in [6.45, 7) is 6.45. The lowest BCUT2D eigenvalue weighted by Gasteiger charge is -2.23. The normalized spacial score (nSPS) is 15.4. The quantitative estimate of drug-likeness (QED) is 0.639. The minimum atomic E-state index is -0.508. The number of aliphatic hydroxyl groups is 1. The molecule has 5 heteroatoms. The van der Waals surface area contributed by atoms with E-state index in [0.717, 1.165) is 5.75 Å². The molecule has 4 N–H and O–H groups in total. The molecule has 0 saturated carbocycles. The van der Waals surface area contributed by atoms with Gasteiger partial charge in [0.1, 0.15) is 0 Å². The number of rotatable bonds is 7. The third-order valence-corrected chi connectivity index (χ3v) is 2.97. The average molecular weight is 262 g/mol. The highest BCUT2D eigenvalue weighted by atomic mass is 32.2. The molecule has 4 nitrogen and oxygen atoms in total. The molecule has 0 aliphatic carbocycles. The number of aliphatic hydroxyl groups excluding tert-OH is 1. The summed E-state index contributed by atoms with van der Waals surface area (Å²) in [4.78, 5) is 11.6. The molecule has 2 atom stereocenters. The highest BCUT2D eigenvalue weighted by Crippen LogP contribution is 2.20. The first-order valence-electron chi connectivity index (χ1n) is 5.96. The van der Waals surface area contributed by atoms with Crippen molar-refractivity contribution in [3.63, 3.8) is 0 Å². The Labute approximate surface area is 109 Å². The summed E-state index contributed by atoms with van der Waals surface area (Å²) < 4.78 is 0. The minimum Gasteiger partial charge on any atom is -0.391 e. The van der Waals surface area contributed by atoms with E-state index in [1.807, 2.05) is 6.26 Å². The van der Waals surface area contributed by atoms with Crippen LogP contribution in [0.15, 0.2) is 0 Å². The molecule has 1 amide bonds. The van der Waals surface area contributed by atoms with Crippen LogP contribution in [0.25, 0.3) is 0 Å². The van der Waals surface area contributed by atoms with Crippen molar-refractivity contribution in [1.29, 1.82) is 0 Å². The van der Waals surface area contributed by atoms with E-state index in [2.05, 4.69) is 26.1 Å². The van der Waals surface area contributed by atoms with Gasteiger partial charge in [0, 0.05) is 6.54 Å². The maximum Gasteiger partial charge on any atom is 0.237 e. The van der Waals surface area contributed by atoms with Crippen LogP contribution in [-0.4, -0.2) is 41.7 Å². The van der Waals surface area contributed by atoms with Crippen LogP contribution in [0.4, 0.5) is 0 Å². The first-order valence-corrected chi connectivity index (χ1v) is 7.36. The van der Waals surface area contributed by atoms with Gasteiger partial charge in [-0.3, -0.25) is 4.79 Å². The van der Waals surface area contributed by atoms with Gasteiger partial charge in [-0.2, -0.15) is 11.8 Å². The van der Waals surface area contributed by atoms with E-state index in [9.17, 15) is 9.90 Å². The van der Waals surface area contributed by atoms with Gasteiger partial charge in [-0.05, 0) is 30.3 Å². The summed E-state index contributed by atoms with van der Waals surface area (Å²) in [7, 11) is 0. The number of hydrogen-bond acceptors (Lipinski definition) is 4. The van der Waals surface area contributed by atoms with Crippen LogP contribution in [0.3, 0.4) is 0 Å². The molecule has 0 aromatic carbocycles. The Morgan fingerprint density at radius 2 is 2.06 bits per heavy atom. The van der Waals surface area contributed by atoms with Gasteiger partial charge in [0.15, 0.2) is 0 Å². The number of nitrogens with two attached hydrogens (primary N) is 1. The second kappa shape index (κ2) is 7.95. The van der Waals surface area contributed by atoms with Crippen LogP contribution >= 0.6 is 11.8 Å². The van der Waals surface area contributed by atoms with Crippen LogP contribution in [-0.2, 0) is 4.79 Å². The minimum absolute atomic E-state index is 0.0606. The van der Waals surface area contributed by atoms with Gasteiger partial charge in [0.2, 0.25) is 5.91 Å². The summed E-state index contributed by atoms with van der Waals surface area (Å²) in [6.07, 6.45) is 2.81. The van der Waals surface area contributed by atoms with E-state index in [-0.39, 0.29) is 17.9 Å². The molecular formula is C12H26N2O2S. The summed E-state index contributed by atoms with van der Waals surface area (Å²) in [5, 5.41) is 12.4. The van der Waals surface area contributed by atoms with E-state index >= 15 is 0 Å². The van der Waals surface area contributed by atoms with E-state index in [1.54, 1.807) is 11.8 Å². The van der Waals surface area contributed by atoms with Crippen molar-refractivity contribution in [3.8, 4) is 0 Å². The molecule has 102 valence electrons. The number of carbonyl (C=O) groups is 1. The molecule has 0 aromatic rings. The van der Waals surface area contributed by atoms with Gasteiger partial charge < -0.3 is 16.2 Å². The highest BCUT2D eigenvalue weighted by Gasteiger charge is 2.18. The summed E-state index contributed by atoms with van der Waals surface area (Å²) in [5.74, 6) is 0.700. The van der Waals surface area contributed by atoms with Crippen LogP contribution in [0, 0.1) is 5.41 Å². The van der Waals surface area contributed by atoms with E-state index in [0.29, 0.717) is 12.8 Å². The van der Waals surface area contributed by atoms with Gasteiger partial charge in [-0.25, -0.2) is 0 Å². The Morgan fingerprint density at radius 1 is 1.47 bits per heavy atom. The number of thioether (sulfide) groups is 1. The second-order valence-corrected chi connectivity index (χ2v) is 6.54. The largest absolute Gasteiger partial charge is 0.391 e. The van der Waals surface area contributed by atoms with Gasteiger partial charge in [-0.15, -0.1) is 0 Å². The maximum atomic E-state index is 11.6. The van der Waals surface area contributed by atoms with Crippen molar-refractivity contribution < 1.29 is 9.90 Å². The molecule has 0 aliphatic rings. The maximum absolute atomic E-state index is 11.6. The standard InChI is InChI=1S/C12H26N2O2S/c1-12(2,3)7-9(15)8-14-11(16)10(13)5-6-17-4/h9-10,15H,5-8,13H2,1-4H3,(H,14,16)/t9?,10-/m0/s1. The van der Waals surface area contributed by atoms with Gasteiger partial charge >= 0.3 is 0 Å². The molecule has 0 spiro atoms. The lowest BCUT2D eigenvalue weighted by Crippen LogP contribution is -2.44. The van der Waals surface area contributed by atoms with E-state index < -0.39 is 12.1 Å². The predicted octanol–water partition coefficient (Wildman–Crippen LogP) is 0.980. The fraction of sp³-hybridized carbons (Fsp3) is 0.917. The molecular weight excluding hydrogens is 236 g/mol. The Kier molecular flexibility index (Phi) is 7.83. The Morgan fingerprint density at radius 3 is 2.53 bits per heavy atom. The van der Waals surface area contributed by atoms with Gasteiger partial charge in [-0.1, -0.05) is 20.8 Å². The Hall–Kier alpha value is -0.260. The predicted molar refractivity (Wildman–Crippen MR) is 74.1 cm³/mol. The number of nitrogens with one attached hydrogen (secondary N) is 1.